The van der Waals surface area contributed by atoms with Crippen LogP contribution in [-0.2, 0) is 9.59 Å². The number of rotatable bonds is 3. The summed E-state index contributed by atoms with van der Waals surface area (Å²) in [5.74, 6) is 0.693. The third-order valence-corrected chi connectivity index (χ3v) is 4.67. The third-order valence-electron chi connectivity index (χ3n) is 3.45. The van der Waals surface area contributed by atoms with Crippen molar-refractivity contribution in [2.45, 2.75) is 11.7 Å². The lowest BCUT2D eigenvalue weighted by molar-refractivity contribution is -0.123. The highest BCUT2D eigenvalue weighted by Crippen LogP contribution is 2.24. The SMILES string of the molecule is O=C(C[C@@H]1SCCNC1=O)Nc1cccc2ccccc12. The Morgan fingerprint density at radius 1 is 1.24 bits per heavy atom. The van der Waals surface area contributed by atoms with Crippen molar-refractivity contribution in [3.63, 3.8) is 0 Å². The predicted molar refractivity (Wildman–Crippen MR) is 86.5 cm³/mol. The molecular formula is C16H16N2O2S. The predicted octanol–water partition coefficient (Wildman–Crippen LogP) is 2.40. The van der Waals surface area contributed by atoms with Gasteiger partial charge in [0.1, 0.15) is 0 Å². The molecule has 0 saturated carbocycles. The smallest absolute Gasteiger partial charge is 0.233 e. The number of thioether (sulfide) groups is 1. The molecule has 2 aromatic carbocycles. The molecular weight excluding hydrogens is 284 g/mol. The Bertz CT molecular complexity index is 682. The van der Waals surface area contributed by atoms with E-state index in [4.69, 9.17) is 0 Å². The zero-order valence-corrected chi connectivity index (χ0v) is 12.3. The molecule has 4 nitrogen and oxygen atoms in total. The van der Waals surface area contributed by atoms with Crippen molar-refractivity contribution in [1.82, 2.24) is 5.32 Å². The van der Waals surface area contributed by atoms with Gasteiger partial charge in [-0.15, -0.1) is 11.8 Å². The van der Waals surface area contributed by atoms with Crippen LogP contribution in [0.2, 0.25) is 0 Å². The summed E-state index contributed by atoms with van der Waals surface area (Å²) in [7, 11) is 0. The Morgan fingerprint density at radius 3 is 2.90 bits per heavy atom. The molecule has 0 radical (unpaired) electrons. The second-order valence-electron chi connectivity index (χ2n) is 4.93. The fraction of sp³-hybridized carbons (Fsp3) is 0.250. The topological polar surface area (TPSA) is 58.2 Å². The van der Waals surface area contributed by atoms with Crippen LogP contribution in [0, 0.1) is 0 Å². The van der Waals surface area contributed by atoms with E-state index in [1.807, 2.05) is 42.5 Å². The molecule has 2 N–H and O–H groups in total. The minimum Gasteiger partial charge on any atom is -0.354 e. The minimum atomic E-state index is -0.284. The van der Waals surface area contributed by atoms with Gasteiger partial charge in [0.2, 0.25) is 11.8 Å². The maximum absolute atomic E-state index is 12.2. The first-order valence-corrected chi connectivity index (χ1v) is 7.96. The number of carbonyl (C=O) groups is 2. The number of hydrogen-bond donors (Lipinski definition) is 2. The summed E-state index contributed by atoms with van der Waals surface area (Å²) in [6.07, 6.45) is 0.208. The lowest BCUT2D eigenvalue weighted by Crippen LogP contribution is -2.40. The average Bonchev–Trinajstić information content (AvgIpc) is 2.50. The number of carbonyl (C=O) groups excluding carboxylic acids is 2. The van der Waals surface area contributed by atoms with Gasteiger partial charge < -0.3 is 10.6 Å². The van der Waals surface area contributed by atoms with E-state index in [1.165, 1.54) is 0 Å². The van der Waals surface area contributed by atoms with Crippen LogP contribution in [0.25, 0.3) is 10.8 Å². The van der Waals surface area contributed by atoms with E-state index in [1.54, 1.807) is 11.8 Å². The maximum Gasteiger partial charge on any atom is 0.233 e. The average molecular weight is 300 g/mol. The van der Waals surface area contributed by atoms with Gasteiger partial charge in [-0.25, -0.2) is 0 Å². The van der Waals surface area contributed by atoms with Crippen LogP contribution < -0.4 is 10.6 Å². The van der Waals surface area contributed by atoms with Gasteiger partial charge in [0.05, 0.1) is 5.25 Å². The van der Waals surface area contributed by atoms with E-state index in [0.29, 0.717) is 6.54 Å². The lowest BCUT2D eigenvalue weighted by Gasteiger charge is -2.21. The Kier molecular flexibility index (Phi) is 4.10. The molecule has 1 heterocycles. The van der Waals surface area contributed by atoms with Crippen LogP contribution in [-0.4, -0.2) is 29.4 Å². The molecule has 1 saturated heterocycles. The van der Waals surface area contributed by atoms with E-state index < -0.39 is 0 Å². The van der Waals surface area contributed by atoms with Crippen molar-refractivity contribution in [2.75, 3.05) is 17.6 Å². The highest BCUT2D eigenvalue weighted by Gasteiger charge is 2.25. The standard InChI is InChI=1S/C16H16N2O2S/c19-15(10-14-16(20)17-8-9-21-14)18-13-7-3-5-11-4-1-2-6-12(11)13/h1-7,14H,8-10H2,(H,17,20)(H,18,19)/t14-/m0/s1. The summed E-state index contributed by atoms with van der Waals surface area (Å²) >= 11 is 1.54. The largest absolute Gasteiger partial charge is 0.354 e. The molecule has 3 rings (SSSR count). The highest BCUT2D eigenvalue weighted by molar-refractivity contribution is 8.00. The monoisotopic (exact) mass is 300 g/mol. The minimum absolute atomic E-state index is 0.0423. The second-order valence-corrected chi connectivity index (χ2v) is 6.24. The molecule has 0 aromatic heterocycles. The molecule has 2 amide bonds. The number of anilines is 1. The van der Waals surface area contributed by atoms with Crippen molar-refractivity contribution in [1.29, 1.82) is 0 Å². The Hall–Kier alpha value is -2.01. The van der Waals surface area contributed by atoms with Gasteiger partial charge in [-0.1, -0.05) is 36.4 Å². The van der Waals surface area contributed by atoms with Gasteiger partial charge in [0.15, 0.2) is 0 Å². The number of amides is 2. The lowest BCUT2D eigenvalue weighted by atomic mass is 10.1. The quantitative estimate of drug-likeness (QED) is 0.915. The van der Waals surface area contributed by atoms with Crippen molar-refractivity contribution >= 4 is 40.0 Å². The molecule has 0 bridgehead atoms. The van der Waals surface area contributed by atoms with Gasteiger partial charge >= 0.3 is 0 Å². The Morgan fingerprint density at radius 2 is 2.05 bits per heavy atom. The fourth-order valence-electron chi connectivity index (χ4n) is 2.42. The van der Waals surface area contributed by atoms with Crippen LogP contribution in [0.15, 0.2) is 42.5 Å². The van der Waals surface area contributed by atoms with Crippen LogP contribution >= 0.6 is 11.8 Å². The van der Waals surface area contributed by atoms with Crippen molar-refractivity contribution < 1.29 is 9.59 Å². The fourth-order valence-corrected chi connectivity index (χ4v) is 3.43. The molecule has 0 aliphatic carbocycles. The molecule has 0 spiro atoms. The first-order valence-electron chi connectivity index (χ1n) is 6.91. The van der Waals surface area contributed by atoms with E-state index in [-0.39, 0.29) is 23.5 Å². The van der Waals surface area contributed by atoms with E-state index >= 15 is 0 Å². The Labute approximate surface area is 127 Å². The molecule has 2 aromatic rings. The highest BCUT2D eigenvalue weighted by atomic mass is 32.2. The van der Waals surface area contributed by atoms with Gasteiger partial charge in [0, 0.05) is 29.8 Å². The van der Waals surface area contributed by atoms with Crippen LogP contribution in [0.1, 0.15) is 6.42 Å². The van der Waals surface area contributed by atoms with Gasteiger partial charge in [0.25, 0.3) is 0 Å². The van der Waals surface area contributed by atoms with Gasteiger partial charge in [-0.05, 0) is 11.5 Å². The summed E-state index contributed by atoms with van der Waals surface area (Å²) in [6, 6.07) is 13.7. The summed E-state index contributed by atoms with van der Waals surface area (Å²) in [5.41, 5.74) is 0.791. The zero-order chi connectivity index (χ0) is 14.7. The van der Waals surface area contributed by atoms with Crippen LogP contribution in [0.5, 0.6) is 0 Å². The number of hydrogen-bond acceptors (Lipinski definition) is 3. The molecule has 1 fully saturated rings. The Balaban J connectivity index is 1.73. The molecule has 5 heteroatoms. The zero-order valence-electron chi connectivity index (χ0n) is 11.5. The van der Waals surface area contributed by atoms with Crippen LogP contribution in [0.3, 0.4) is 0 Å². The molecule has 0 unspecified atom stereocenters. The van der Waals surface area contributed by atoms with Crippen molar-refractivity contribution in [2.24, 2.45) is 0 Å². The normalized spacial score (nSPS) is 18.3. The van der Waals surface area contributed by atoms with E-state index in [2.05, 4.69) is 10.6 Å². The first-order chi connectivity index (χ1) is 10.2. The summed E-state index contributed by atoms with van der Waals surface area (Å²) in [6.45, 7) is 0.685. The third kappa shape index (κ3) is 3.19. The molecule has 1 atom stereocenters. The first kappa shape index (κ1) is 13.9. The van der Waals surface area contributed by atoms with Gasteiger partial charge in [-0.2, -0.15) is 0 Å². The maximum atomic E-state index is 12.2. The molecule has 1 aliphatic heterocycles. The van der Waals surface area contributed by atoms with Gasteiger partial charge in [-0.3, -0.25) is 9.59 Å². The molecule has 108 valence electrons. The number of benzene rings is 2. The van der Waals surface area contributed by atoms with Crippen LogP contribution in [0.4, 0.5) is 5.69 Å². The van der Waals surface area contributed by atoms with E-state index in [0.717, 1.165) is 22.2 Å². The summed E-state index contributed by atoms with van der Waals surface area (Å²) in [4.78, 5) is 23.8. The number of nitrogens with one attached hydrogen (secondary N) is 2. The van der Waals surface area contributed by atoms with Crippen molar-refractivity contribution in [3.05, 3.63) is 42.5 Å². The summed E-state index contributed by atoms with van der Waals surface area (Å²) in [5, 5.41) is 7.52. The second kappa shape index (κ2) is 6.18. The molecule has 1 aliphatic rings. The van der Waals surface area contributed by atoms with E-state index in [9.17, 15) is 9.59 Å². The molecule has 21 heavy (non-hydrogen) atoms. The summed E-state index contributed by atoms with van der Waals surface area (Å²) < 4.78 is 0. The number of fused-ring (bicyclic) bond motifs is 1. The van der Waals surface area contributed by atoms with Crippen molar-refractivity contribution in [3.8, 4) is 0 Å².